The molecule has 0 saturated heterocycles. The molecular weight excluding hydrogens is 269 g/mol. The maximum absolute atomic E-state index is 13.6. The van der Waals surface area contributed by atoms with E-state index in [9.17, 15) is 9.18 Å². The first-order chi connectivity index (χ1) is 8.97. The van der Waals surface area contributed by atoms with Crippen molar-refractivity contribution in [1.29, 1.82) is 0 Å². The molecule has 0 aliphatic heterocycles. The summed E-state index contributed by atoms with van der Waals surface area (Å²) in [7, 11) is 3.40. The number of aryl methyl sites for hydroxylation is 1. The van der Waals surface area contributed by atoms with Crippen LogP contribution in [0.5, 0.6) is 0 Å². The van der Waals surface area contributed by atoms with Crippen LogP contribution in [-0.2, 0) is 13.6 Å². The molecule has 1 aromatic heterocycles. The number of rotatable bonds is 3. The second-order valence-electron chi connectivity index (χ2n) is 4.31. The molecule has 0 radical (unpaired) electrons. The summed E-state index contributed by atoms with van der Waals surface area (Å²) >= 11 is 5.78. The van der Waals surface area contributed by atoms with Crippen LogP contribution >= 0.6 is 11.6 Å². The molecule has 0 saturated carbocycles. The van der Waals surface area contributed by atoms with E-state index in [1.54, 1.807) is 31.2 Å². The second kappa shape index (κ2) is 5.40. The fourth-order valence-electron chi connectivity index (χ4n) is 1.77. The van der Waals surface area contributed by atoms with Gasteiger partial charge < -0.3 is 4.90 Å². The largest absolute Gasteiger partial charge is 0.337 e. The molecule has 0 atom stereocenters. The lowest BCUT2D eigenvalue weighted by Crippen LogP contribution is -2.26. The van der Waals surface area contributed by atoms with Crippen molar-refractivity contribution >= 4 is 17.5 Å². The Morgan fingerprint density at radius 2 is 2.26 bits per heavy atom. The number of hydrogen-bond acceptors (Lipinski definition) is 2. The molecule has 1 heterocycles. The van der Waals surface area contributed by atoms with Crippen LogP contribution in [0.2, 0.25) is 5.02 Å². The molecule has 4 nitrogen and oxygen atoms in total. The Hall–Kier alpha value is -1.88. The van der Waals surface area contributed by atoms with Gasteiger partial charge in [0.25, 0.3) is 5.91 Å². The van der Waals surface area contributed by atoms with Crippen molar-refractivity contribution in [2.45, 2.75) is 6.54 Å². The van der Waals surface area contributed by atoms with Crippen LogP contribution in [0.1, 0.15) is 15.9 Å². The molecule has 19 heavy (non-hydrogen) atoms. The fourth-order valence-corrected chi connectivity index (χ4v) is 1.94. The highest BCUT2D eigenvalue weighted by atomic mass is 35.5. The molecule has 6 heteroatoms. The van der Waals surface area contributed by atoms with Gasteiger partial charge in [0.15, 0.2) is 0 Å². The first-order valence-corrected chi connectivity index (χ1v) is 6.03. The lowest BCUT2D eigenvalue weighted by atomic mass is 10.2. The second-order valence-corrected chi connectivity index (χ2v) is 4.74. The predicted octanol–water partition coefficient (Wildman–Crippen LogP) is 2.48. The van der Waals surface area contributed by atoms with Crippen molar-refractivity contribution < 1.29 is 9.18 Å². The van der Waals surface area contributed by atoms with Gasteiger partial charge in [-0.05, 0) is 18.2 Å². The van der Waals surface area contributed by atoms with Gasteiger partial charge in [-0.1, -0.05) is 11.6 Å². The van der Waals surface area contributed by atoms with Gasteiger partial charge in [0.1, 0.15) is 5.82 Å². The van der Waals surface area contributed by atoms with E-state index >= 15 is 0 Å². The van der Waals surface area contributed by atoms with E-state index in [1.165, 1.54) is 23.1 Å². The average molecular weight is 282 g/mol. The van der Waals surface area contributed by atoms with Gasteiger partial charge >= 0.3 is 0 Å². The van der Waals surface area contributed by atoms with E-state index in [4.69, 9.17) is 11.6 Å². The Kier molecular flexibility index (Phi) is 3.85. The van der Waals surface area contributed by atoms with Crippen LogP contribution in [0.4, 0.5) is 4.39 Å². The van der Waals surface area contributed by atoms with Crippen LogP contribution < -0.4 is 0 Å². The summed E-state index contributed by atoms with van der Waals surface area (Å²) in [6, 6.07) is 3.93. The van der Waals surface area contributed by atoms with Gasteiger partial charge in [-0.3, -0.25) is 9.48 Å². The summed E-state index contributed by atoms with van der Waals surface area (Å²) in [5.41, 5.74) is 0.847. The zero-order valence-corrected chi connectivity index (χ0v) is 11.4. The van der Waals surface area contributed by atoms with Gasteiger partial charge in [0, 0.05) is 37.4 Å². The van der Waals surface area contributed by atoms with Crippen LogP contribution in [-0.4, -0.2) is 27.6 Å². The number of carbonyl (C=O) groups is 1. The Bertz CT molecular complexity index is 612. The molecular formula is C13H13ClFN3O. The van der Waals surface area contributed by atoms with Gasteiger partial charge in [-0.25, -0.2) is 4.39 Å². The summed E-state index contributed by atoms with van der Waals surface area (Å²) in [4.78, 5) is 13.6. The lowest BCUT2D eigenvalue weighted by molar-refractivity contribution is 0.0780. The van der Waals surface area contributed by atoms with E-state index < -0.39 is 11.7 Å². The molecule has 0 unspecified atom stereocenters. The summed E-state index contributed by atoms with van der Waals surface area (Å²) in [5, 5.41) is 4.35. The molecule has 100 valence electrons. The summed E-state index contributed by atoms with van der Waals surface area (Å²) in [6.07, 6.45) is 3.47. The van der Waals surface area contributed by atoms with Crippen molar-refractivity contribution in [3.05, 3.63) is 52.6 Å². The van der Waals surface area contributed by atoms with Gasteiger partial charge in [0.05, 0.1) is 11.8 Å². The fraction of sp³-hybridized carbons (Fsp3) is 0.231. The SMILES string of the molecule is CN(Cc1cnn(C)c1)C(=O)c1cc(Cl)ccc1F. The number of benzene rings is 1. The van der Waals surface area contributed by atoms with E-state index in [1.807, 2.05) is 0 Å². The predicted molar refractivity (Wildman–Crippen MR) is 70.4 cm³/mol. The van der Waals surface area contributed by atoms with Crippen LogP contribution in [0, 0.1) is 5.82 Å². The van der Waals surface area contributed by atoms with Gasteiger partial charge in [-0.2, -0.15) is 5.10 Å². The van der Waals surface area contributed by atoms with Crippen molar-refractivity contribution in [3.8, 4) is 0 Å². The third-order valence-electron chi connectivity index (χ3n) is 2.68. The Balaban J connectivity index is 2.16. The van der Waals surface area contributed by atoms with E-state index in [0.29, 0.717) is 11.6 Å². The first kappa shape index (κ1) is 13.5. The monoisotopic (exact) mass is 281 g/mol. The quantitative estimate of drug-likeness (QED) is 0.867. The number of nitrogens with zero attached hydrogens (tertiary/aromatic N) is 3. The third-order valence-corrected chi connectivity index (χ3v) is 2.92. The lowest BCUT2D eigenvalue weighted by Gasteiger charge is -2.16. The molecule has 0 aliphatic carbocycles. The van der Waals surface area contributed by atoms with Crippen molar-refractivity contribution in [1.82, 2.24) is 14.7 Å². The minimum absolute atomic E-state index is 0.0288. The zero-order valence-electron chi connectivity index (χ0n) is 10.6. The number of halogens is 2. The van der Waals surface area contributed by atoms with Crippen molar-refractivity contribution in [3.63, 3.8) is 0 Å². The molecule has 2 rings (SSSR count). The topological polar surface area (TPSA) is 38.1 Å². The summed E-state index contributed by atoms with van der Waals surface area (Å²) in [5.74, 6) is -0.990. The van der Waals surface area contributed by atoms with Crippen molar-refractivity contribution in [2.24, 2.45) is 7.05 Å². The highest BCUT2D eigenvalue weighted by Gasteiger charge is 2.17. The Morgan fingerprint density at radius 3 is 2.89 bits per heavy atom. The Labute approximate surface area is 115 Å². The maximum Gasteiger partial charge on any atom is 0.256 e. The number of carbonyl (C=O) groups excluding carboxylic acids is 1. The highest BCUT2D eigenvalue weighted by Crippen LogP contribution is 2.17. The van der Waals surface area contributed by atoms with E-state index in [0.717, 1.165) is 5.56 Å². The first-order valence-electron chi connectivity index (χ1n) is 5.65. The number of hydrogen-bond donors (Lipinski definition) is 0. The molecule has 0 N–H and O–H groups in total. The number of aromatic nitrogens is 2. The molecule has 1 amide bonds. The molecule has 0 spiro atoms. The van der Waals surface area contributed by atoms with Gasteiger partial charge in [-0.15, -0.1) is 0 Å². The third kappa shape index (κ3) is 3.12. The average Bonchev–Trinajstić information content (AvgIpc) is 2.77. The van der Waals surface area contributed by atoms with E-state index in [2.05, 4.69) is 5.10 Å². The smallest absolute Gasteiger partial charge is 0.256 e. The zero-order chi connectivity index (χ0) is 14.0. The molecule has 0 aliphatic rings. The van der Waals surface area contributed by atoms with Gasteiger partial charge in [0.2, 0.25) is 0 Å². The molecule has 1 aromatic carbocycles. The maximum atomic E-state index is 13.6. The number of amides is 1. The van der Waals surface area contributed by atoms with Crippen molar-refractivity contribution in [2.75, 3.05) is 7.05 Å². The summed E-state index contributed by atoms with van der Waals surface area (Å²) < 4.78 is 15.2. The highest BCUT2D eigenvalue weighted by molar-refractivity contribution is 6.30. The molecule has 0 fully saturated rings. The minimum atomic E-state index is -0.576. The van der Waals surface area contributed by atoms with Crippen LogP contribution in [0.15, 0.2) is 30.6 Å². The normalized spacial score (nSPS) is 10.5. The van der Waals surface area contributed by atoms with E-state index in [-0.39, 0.29) is 5.56 Å². The Morgan fingerprint density at radius 1 is 1.53 bits per heavy atom. The molecule has 2 aromatic rings. The summed E-state index contributed by atoms with van der Waals surface area (Å²) in [6.45, 7) is 0.360. The minimum Gasteiger partial charge on any atom is -0.337 e. The van der Waals surface area contributed by atoms with Crippen LogP contribution in [0.25, 0.3) is 0 Å². The van der Waals surface area contributed by atoms with Crippen LogP contribution in [0.3, 0.4) is 0 Å². The standard InChI is InChI=1S/C13H13ClFN3O/c1-17(7-9-6-16-18(2)8-9)13(19)11-5-10(14)3-4-12(11)15/h3-6,8H,7H2,1-2H3. The molecule has 0 bridgehead atoms.